The van der Waals surface area contributed by atoms with Crippen LogP contribution in [-0.4, -0.2) is 37.0 Å². The normalized spacial score (nSPS) is 14.6. The number of piperazine rings is 1. The highest BCUT2D eigenvalue weighted by Gasteiger charge is 2.23. The first kappa shape index (κ1) is 18.5. The molecule has 27 heavy (non-hydrogen) atoms. The number of hydrogen-bond donors (Lipinski definition) is 1. The largest absolute Gasteiger partial charge is 0.368 e. The van der Waals surface area contributed by atoms with Gasteiger partial charge in [0.1, 0.15) is 17.5 Å². The van der Waals surface area contributed by atoms with E-state index in [1.54, 1.807) is 17.0 Å². The Morgan fingerprint density at radius 3 is 2.48 bits per heavy atom. The lowest BCUT2D eigenvalue weighted by Gasteiger charge is -2.36. The molecule has 1 N–H and O–H groups in total. The van der Waals surface area contributed by atoms with E-state index in [-0.39, 0.29) is 17.3 Å². The van der Waals surface area contributed by atoms with Crippen molar-refractivity contribution in [3.05, 3.63) is 71.7 Å². The van der Waals surface area contributed by atoms with Crippen LogP contribution in [0.15, 0.2) is 60.3 Å². The molecule has 0 saturated carbocycles. The Morgan fingerprint density at radius 1 is 1.15 bits per heavy atom. The Kier molecular flexibility index (Phi) is 5.72. The minimum Gasteiger partial charge on any atom is -0.368 e. The second-order valence-corrected chi connectivity index (χ2v) is 6.44. The van der Waals surface area contributed by atoms with Gasteiger partial charge in [-0.05, 0) is 48.9 Å². The van der Waals surface area contributed by atoms with Crippen molar-refractivity contribution in [3.8, 4) is 6.07 Å². The molecule has 1 aliphatic heterocycles. The summed E-state index contributed by atoms with van der Waals surface area (Å²) in [7, 11) is 0. The number of aryl methyl sites for hydroxylation is 1. The van der Waals surface area contributed by atoms with Crippen molar-refractivity contribution in [3.63, 3.8) is 0 Å². The van der Waals surface area contributed by atoms with Gasteiger partial charge < -0.3 is 15.1 Å². The van der Waals surface area contributed by atoms with Crippen LogP contribution in [0.3, 0.4) is 0 Å². The topological polar surface area (TPSA) is 59.4 Å². The van der Waals surface area contributed by atoms with Gasteiger partial charge in [0, 0.05) is 43.8 Å². The number of hydrogen-bond acceptors (Lipinski definition) is 4. The van der Waals surface area contributed by atoms with Crippen LogP contribution in [-0.2, 0) is 4.79 Å². The van der Waals surface area contributed by atoms with Crippen LogP contribution >= 0.6 is 0 Å². The molecule has 0 spiro atoms. The van der Waals surface area contributed by atoms with Crippen molar-refractivity contribution >= 4 is 17.3 Å². The van der Waals surface area contributed by atoms with Gasteiger partial charge in [-0.15, -0.1) is 0 Å². The van der Waals surface area contributed by atoms with Crippen LogP contribution in [0.4, 0.5) is 15.8 Å². The zero-order chi connectivity index (χ0) is 19.2. The fourth-order valence-electron chi connectivity index (χ4n) is 3.02. The summed E-state index contributed by atoms with van der Waals surface area (Å²) in [5.41, 5.74) is 2.93. The van der Waals surface area contributed by atoms with Crippen LogP contribution in [0.1, 0.15) is 5.56 Å². The highest BCUT2D eigenvalue weighted by molar-refractivity contribution is 5.97. The number of carbonyl (C=O) groups is 1. The molecule has 0 aliphatic carbocycles. The van der Waals surface area contributed by atoms with Crippen molar-refractivity contribution < 1.29 is 9.18 Å². The number of benzene rings is 2. The molecular formula is C21H21FN4O. The zero-order valence-electron chi connectivity index (χ0n) is 15.2. The predicted octanol–water partition coefficient (Wildman–Crippen LogP) is 3.30. The maximum atomic E-state index is 13.1. The van der Waals surface area contributed by atoms with Gasteiger partial charge in [-0.3, -0.25) is 4.79 Å². The van der Waals surface area contributed by atoms with Gasteiger partial charge in [-0.1, -0.05) is 12.1 Å². The summed E-state index contributed by atoms with van der Waals surface area (Å²) in [6, 6.07) is 16.0. The van der Waals surface area contributed by atoms with Gasteiger partial charge in [0.2, 0.25) is 0 Å². The van der Waals surface area contributed by atoms with Crippen molar-refractivity contribution in [2.24, 2.45) is 0 Å². The molecule has 6 heteroatoms. The van der Waals surface area contributed by atoms with Gasteiger partial charge in [-0.25, -0.2) is 4.39 Å². The van der Waals surface area contributed by atoms with Crippen LogP contribution in [0.25, 0.3) is 0 Å². The van der Waals surface area contributed by atoms with Gasteiger partial charge in [-0.2, -0.15) is 5.26 Å². The fourth-order valence-corrected chi connectivity index (χ4v) is 3.02. The molecule has 138 valence electrons. The molecule has 0 aromatic heterocycles. The summed E-state index contributed by atoms with van der Waals surface area (Å²) < 4.78 is 13.1. The molecule has 0 atom stereocenters. The molecule has 0 unspecified atom stereocenters. The minimum absolute atomic E-state index is 0.0757. The van der Waals surface area contributed by atoms with Crippen LogP contribution in [0.5, 0.6) is 0 Å². The Bertz CT molecular complexity index is 878. The van der Waals surface area contributed by atoms with Gasteiger partial charge in [0.15, 0.2) is 0 Å². The van der Waals surface area contributed by atoms with E-state index in [4.69, 9.17) is 0 Å². The summed E-state index contributed by atoms with van der Waals surface area (Å²) in [6.07, 6.45) is 1.46. The molecule has 3 rings (SSSR count). The second-order valence-electron chi connectivity index (χ2n) is 6.44. The summed E-state index contributed by atoms with van der Waals surface area (Å²) in [4.78, 5) is 16.4. The van der Waals surface area contributed by atoms with E-state index in [2.05, 4.69) is 10.2 Å². The summed E-state index contributed by atoms with van der Waals surface area (Å²) in [5, 5.41) is 12.4. The first-order valence-electron chi connectivity index (χ1n) is 8.80. The number of nitriles is 1. The van der Waals surface area contributed by atoms with E-state index in [0.717, 1.165) is 16.9 Å². The molecule has 2 aromatic carbocycles. The Morgan fingerprint density at radius 2 is 1.85 bits per heavy atom. The molecule has 2 aromatic rings. The number of halogens is 1. The standard InChI is InChI=1S/C21H21FN4O/c1-16-3-2-4-19(13-16)24-15-17(14-23)21(27)26-11-9-25(10-12-26)20-7-5-18(22)6-8-20/h2-8,13,15,24H,9-12H2,1H3/b17-15-. The molecule has 0 bridgehead atoms. The molecule has 1 aliphatic rings. The first-order valence-corrected chi connectivity index (χ1v) is 8.80. The average molecular weight is 364 g/mol. The number of anilines is 2. The summed E-state index contributed by atoms with van der Waals surface area (Å²) >= 11 is 0. The third kappa shape index (κ3) is 4.64. The maximum Gasteiger partial charge on any atom is 0.266 e. The van der Waals surface area contributed by atoms with Gasteiger partial charge in [0.25, 0.3) is 5.91 Å². The lowest BCUT2D eigenvalue weighted by atomic mass is 10.2. The predicted molar refractivity (Wildman–Crippen MR) is 104 cm³/mol. The van der Waals surface area contributed by atoms with E-state index in [9.17, 15) is 14.4 Å². The van der Waals surface area contributed by atoms with Crippen molar-refractivity contribution in [1.29, 1.82) is 5.26 Å². The van der Waals surface area contributed by atoms with Crippen molar-refractivity contribution in [2.45, 2.75) is 6.92 Å². The summed E-state index contributed by atoms with van der Waals surface area (Å²) in [5.74, 6) is -0.547. The molecule has 0 radical (unpaired) electrons. The van der Waals surface area contributed by atoms with Crippen molar-refractivity contribution in [1.82, 2.24) is 4.90 Å². The highest BCUT2D eigenvalue weighted by Crippen LogP contribution is 2.18. The Labute approximate surface area is 158 Å². The fraction of sp³-hybridized carbons (Fsp3) is 0.238. The van der Waals surface area contributed by atoms with Crippen LogP contribution < -0.4 is 10.2 Å². The highest BCUT2D eigenvalue weighted by atomic mass is 19.1. The molecule has 1 saturated heterocycles. The minimum atomic E-state index is -0.281. The van der Waals surface area contributed by atoms with Crippen LogP contribution in [0.2, 0.25) is 0 Å². The van der Waals surface area contributed by atoms with E-state index >= 15 is 0 Å². The average Bonchev–Trinajstić information content (AvgIpc) is 2.69. The quantitative estimate of drug-likeness (QED) is 0.668. The molecule has 5 nitrogen and oxygen atoms in total. The Hall–Kier alpha value is -3.33. The lowest BCUT2D eigenvalue weighted by molar-refractivity contribution is -0.127. The SMILES string of the molecule is Cc1cccc(N/C=C(/C#N)C(=O)N2CCN(c3ccc(F)cc3)CC2)c1. The molecule has 1 fully saturated rings. The van der Waals surface area contributed by atoms with Crippen LogP contribution in [0, 0.1) is 24.1 Å². The number of nitrogens with one attached hydrogen (secondary N) is 1. The smallest absolute Gasteiger partial charge is 0.266 e. The first-order chi connectivity index (χ1) is 13.1. The number of amides is 1. The van der Waals surface area contributed by atoms with E-state index in [1.165, 1.54) is 18.3 Å². The number of nitrogens with zero attached hydrogens (tertiary/aromatic N) is 3. The maximum absolute atomic E-state index is 13.1. The molecular weight excluding hydrogens is 343 g/mol. The third-order valence-corrected chi connectivity index (χ3v) is 4.51. The Balaban J connectivity index is 1.60. The number of rotatable bonds is 4. The van der Waals surface area contributed by atoms with Gasteiger partial charge in [0.05, 0.1) is 0 Å². The zero-order valence-corrected chi connectivity index (χ0v) is 15.2. The summed E-state index contributed by atoms with van der Waals surface area (Å²) in [6.45, 7) is 4.29. The van der Waals surface area contributed by atoms with Crippen molar-refractivity contribution in [2.75, 3.05) is 36.4 Å². The number of carbonyl (C=O) groups excluding carboxylic acids is 1. The van der Waals surface area contributed by atoms with E-state index in [1.807, 2.05) is 37.3 Å². The molecule has 1 amide bonds. The van der Waals surface area contributed by atoms with E-state index < -0.39 is 0 Å². The molecule has 1 heterocycles. The third-order valence-electron chi connectivity index (χ3n) is 4.51. The lowest BCUT2D eigenvalue weighted by Crippen LogP contribution is -2.49. The second kappa shape index (κ2) is 8.37. The monoisotopic (exact) mass is 364 g/mol. The van der Waals surface area contributed by atoms with E-state index in [0.29, 0.717) is 26.2 Å². The van der Waals surface area contributed by atoms with Gasteiger partial charge >= 0.3 is 0 Å².